The second-order valence-electron chi connectivity index (χ2n) is 6.17. The molecule has 2 rings (SSSR count). The van der Waals surface area contributed by atoms with E-state index in [0.717, 1.165) is 12.3 Å². The fourth-order valence-corrected chi connectivity index (χ4v) is 2.41. The average Bonchev–Trinajstić information content (AvgIpc) is 2.63. The zero-order valence-corrected chi connectivity index (χ0v) is 16.2. The third kappa shape index (κ3) is 12.7. The molecule has 0 aliphatic heterocycles. The van der Waals surface area contributed by atoms with Crippen molar-refractivity contribution in [2.24, 2.45) is 5.92 Å². The van der Waals surface area contributed by atoms with Gasteiger partial charge in [0, 0.05) is 0 Å². The smallest absolute Gasteiger partial charge is 0.0276 e. The summed E-state index contributed by atoms with van der Waals surface area (Å²) in [5.74, 6) is 0.880. The van der Waals surface area contributed by atoms with Gasteiger partial charge in [-0.2, -0.15) is 0 Å². The van der Waals surface area contributed by atoms with Crippen LogP contribution in [-0.2, 0) is 12.8 Å². The minimum Gasteiger partial charge on any atom is -0.103 e. The van der Waals surface area contributed by atoms with E-state index in [4.69, 9.17) is 0 Å². The fourth-order valence-electron chi connectivity index (χ4n) is 2.41. The summed E-state index contributed by atoms with van der Waals surface area (Å²) in [4.78, 5) is 0. The molecule has 0 spiro atoms. The summed E-state index contributed by atoms with van der Waals surface area (Å²) in [6.45, 7) is 12.0. The fraction of sp³-hybridized carbons (Fsp3) is 0.417. The molecule has 1 atom stereocenters. The topological polar surface area (TPSA) is 0 Å². The predicted octanol–water partition coefficient (Wildman–Crippen LogP) is 7.50. The van der Waals surface area contributed by atoms with Gasteiger partial charge >= 0.3 is 0 Å². The molecule has 0 aliphatic rings. The van der Waals surface area contributed by atoms with E-state index in [2.05, 4.69) is 81.9 Å². The first-order chi connectivity index (χ1) is 11.7. The molecule has 0 heterocycles. The number of hydrogen-bond donors (Lipinski definition) is 0. The van der Waals surface area contributed by atoms with Crippen LogP contribution in [0.1, 0.15) is 58.1 Å². The van der Waals surface area contributed by atoms with Gasteiger partial charge in [0.1, 0.15) is 0 Å². The molecule has 1 unspecified atom stereocenters. The van der Waals surface area contributed by atoms with Crippen LogP contribution in [0.5, 0.6) is 0 Å². The Labute approximate surface area is 150 Å². The van der Waals surface area contributed by atoms with E-state index in [0.29, 0.717) is 0 Å². The van der Waals surface area contributed by atoms with E-state index in [1.54, 1.807) is 6.08 Å². The molecular formula is C24H36. The zero-order valence-electron chi connectivity index (χ0n) is 16.2. The standard InChI is InChI=1S/C13H20.C8H10.C3H6/c1-3-7-12(2)10-11-13-8-5-4-6-9-13;1-2-8-6-4-3-5-7-8;1-3-2/h4-6,8-9,12H,3,7,10-11H2,1-2H3;3-7H,2H2,1H3;3H,1H2,2H3. The minimum absolute atomic E-state index is 0.880. The van der Waals surface area contributed by atoms with Gasteiger partial charge in [-0.15, -0.1) is 6.58 Å². The molecule has 0 amide bonds. The highest BCUT2D eigenvalue weighted by Crippen LogP contribution is 2.13. The molecule has 0 aliphatic carbocycles. The molecule has 0 saturated heterocycles. The monoisotopic (exact) mass is 324 g/mol. The first-order valence-corrected chi connectivity index (χ1v) is 9.32. The SMILES string of the molecule is C=CC.CCCC(C)CCc1ccccc1.CCc1ccccc1. The van der Waals surface area contributed by atoms with Crippen LogP contribution in [0.2, 0.25) is 0 Å². The maximum absolute atomic E-state index is 3.36. The van der Waals surface area contributed by atoms with Crippen LogP contribution in [0.4, 0.5) is 0 Å². The Hall–Kier alpha value is -1.82. The van der Waals surface area contributed by atoms with Crippen molar-refractivity contribution in [1.82, 2.24) is 0 Å². The molecule has 132 valence electrons. The Kier molecular flexibility index (Phi) is 14.8. The number of hydrogen-bond acceptors (Lipinski definition) is 0. The summed E-state index contributed by atoms with van der Waals surface area (Å²) in [6.07, 6.45) is 8.14. The lowest BCUT2D eigenvalue weighted by Gasteiger charge is -2.09. The lowest BCUT2D eigenvalue weighted by atomic mass is 9.97. The van der Waals surface area contributed by atoms with Crippen LogP contribution in [0.15, 0.2) is 73.3 Å². The van der Waals surface area contributed by atoms with E-state index in [-0.39, 0.29) is 0 Å². The van der Waals surface area contributed by atoms with E-state index in [1.165, 1.54) is 36.8 Å². The zero-order chi connectivity index (χ0) is 18.0. The average molecular weight is 325 g/mol. The highest BCUT2D eigenvalue weighted by molar-refractivity contribution is 5.15. The van der Waals surface area contributed by atoms with Gasteiger partial charge in [-0.05, 0) is 43.2 Å². The third-order valence-corrected chi connectivity index (χ3v) is 3.80. The van der Waals surface area contributed by atoms with E-state index in [9.17, 15) is 0 Å². The first kappa shape index (κ1) is 22.2. The molecule has 0 heteroatoms. The van der Waals surface area contributed by atoms with Gasteiger partial charge in [0.15, 0.2) is 0 Å². The van der Waals surface area contributed by atoms with Crippen LogP contribution < -0.4 is 0 Å². The Morgan fingerprint density at radius 2 is 1.29 bits per heavy atom. The number of aryl methyl sites for hydroxylation is 2. The second-order valence-corrected chi connectivity index (χ2v) is 6.17. The molecule has 0 radical (unpaired) electrons. The summed E-state index contributed by atoms with van der Waals surface area (Å²) in [5.41, 5.74) is 2.89. The Bertz CT molecular complexity index is 484. The van der Waals surface area contributed by atoms with Crippen LogP contribution in [0.3, 0.4) is 0 Å². The lowest BCUT2D eigenvalue weighted by Crippen LogP contribution is -1.96. The molecule has 0 nitrogen and oxygen atoms in total. The van der Waals surface area contributed by atoms with E-state index in [1.807, 2.05) is 13.0 Å². The summed E-state index contributed by atoms with van der Waals surface area (Å²) < 4.78 is 0. The van der Waals surface area contributed by atoms with Crippen molar-refractivity contribution in [3.63, 3.8) is 0 Å². The normalized spacial score (nSPS) is 10.5. The molecule has 0 fully saturated rings. The summed E-state index contributed by atoms with van der Waals surface area (Å²) in [5, 5.41) is 0. The maximum atomic E-state index is 3.36. The lowest BCUT2D eigenvalue weighted by molar-refractivity contribution is 0.486. The van der Waals surface area contributed by atoms with Gasteiger partial charge in [0.2, 0.25) is 0 Å². The summed E-state index contributed by atoms with van der Waals surface area (Å²) >= 11 is 0. The molecule has 2 aromatic rings. The third-order valence-electron chi connectivity index (χ3n) is 3.80. The van der Waals surface area contributed by atoms with Crippen molar-refractivity contribution in [3.8, 4) is 0 Å². The molecule has 24 heavy (non-hydrogen) atoms. The van der Waals surface area contributed by atoms with Gasteiger partial charge in [-0.25, -0.2) is 0 Å². The second kappa shape index (κ2) is 16.1. The molecule has 2 aromatic carbocycles. The van der Waals surface area contributed by atoms with Crippen molar-refractivity contribution in [2.45, 2.75) is 59.8 Å². The summed E-state index contributed by atoms with van der Waals surface area (Å²) in [7, 11) is 0. The molecule has 0 aromatic heterocycles. The van der Waals surface area contributed by atoms with Gasteiger partial charge in [0.05, 0.1) is 0 Å². The quantitative estimate of drug-likeness (QED) is 0.483. The largest absolute Gasteiger partial charge is 0.103 e. The maximum Gasteiger partial charge on any atom is -0.0276 e. The van der Waals surface area contributed by atoms with Crippen molar-refractivity contribution >= 4 is 0 Å². The van der Waals surface area contributed by atoms with Crippen LogP contribution >= 0.6 is 0 Å². The van der Waals surface area contributed by atoms with Crippen molar-refractivity contribution in [3.05, 3.63) is 84.4 Å². The number of benzene rings is 2. The molecule has 0 bridgehead atoms. The van der Waals surface area contributed by atoms with Gasteiger partial charge in [0.25, 0.3) is 0 Å². The number of rotatable bonds is 6. The highest BCUT2D eigenvalue weighted by Gasteiger charge is 2.00. The Balaban J connectivity index is 0.000000409. The van der Waals surface area contributed by atoms with Gasteiger partial charge in [-0.3, -0.25) is 0 Å². The van der Waals surface area contributed by atoms with E-state index >= 15 is 0 Å². The van der Waals surface area contributed by atoms with Crippen molar-refractivity contribution in [2.75, 3.05) is 0 Å². The van der Waals surface area contributed by atoms with Gasteiger partial charge < -0.3 is 0 Å². The van der Waals surface area contributed by atoms with E-state index < -0.39 is 0 Å². The van der Waals surface area contributed by atoms with Gasteiger partial charge in [-0.1, -0.05) is 100 Å². The highest BCUT2D eigenvalue weighted by atomic mass is 14.1. The number of allylic oxidation sites excluding steroid dienone is 1. The van der Waals surface area contributed by atoms with Crippen LogP contribution in [0.25, 0.3) is 0 Å². The summed E-state index contributed by atoms with van der Waals surface area (Å²) in [6, 6.07) is 21.2. The van der Waals surface area contributed by atoms with Crippen molar-refractivity contribution < 1.29 is 0 Å². The first-order valence-electron chi connectivity index (χ1n) is 9.32. The predicted molar refractivity (Wildman–Crippen MR) is 111 cm³/mol. The molecule has 0 saturated carbocycles. The minimum atomic E-state index is 0.880. The molecule has 0 N–H and O–H groups in total. The Morgan fingerprint density at radius 3 is 1.67 bits per heavy atom. The van der Waals surface area contributed by atoms with Crippen LogP contribution in [0, 0.1) is 5.92 Å². The molecular weight excluding hydrogens is 288 g/mol. The van der Waals surface area contributed by atoms with Crippen molar-refractivity contribution in [1.29, 1.82) is 0 Å². The van der Waals surface area contributed by atoms with Crippen LogP contribution in [-0.4, -0.2) is 0 Å². The Morgan fingerprint density at radius 1 is 0.833 bits per heavy atom.